The lowest BCUT2D eigenvalue weighted by Gasteiger charge is -2.14. The van der Waals surface area contributed by atoms with Crippen LogP contribution in [0.25, 0.3) is 27.8 Å². The van der Waals surface area contributed by atoms with E-state index >= 15 is 0 Å². The molecule has 0 aliphatic heterocycles. The van der Waals surface area contributed by atoms with Gasteiger partial charge in [0, 0.05) is 29.4 Å². The molecule has 0 bridgehead atoms. The zero-order valence-electron chi connectivity index (χ0n) is 19.4. The Morgan fingerprint density at radius 1 is 0.972 bits per heavy atom. The van der Waals surface area contributed by atoms with Crippen molar-refractivity contribution in [3.63, 3.8) is 0 Å². The van der Waals surface area contributed by atoms with Crippen LogP contribution in [-0.4, -0.2) is 26.4 Å². The number of halogens is 3. The van der Waals surface area contributed by atoms with Crippen LogP contribution < -0.4 is 10.3 Å². The fraction of sp³-hybridized carbons (Fsp3) is 0.148. The molecule has 2 aromatic carbocycles. The molecule has 1 atom stereocenters. The Kier molecular flexibility index (Phi) is 5.83. The molecular weight excluding hydrogens is 469 g/mol. The number of aromatic nitrogens is 4. The number of methoxy groups -OCH3 is 1. The van der Waals surface area contributed by atoms with E-state index in [1.54, 1.807) is 53.0 Å². The molecule has 0 aliphatic rings. The van der Waals surface area contributed by atoms with E-state index in [0.29, 0.717) is 33.6 Å². The molecule has 0 radical (unpaired) electrons. The fourth-order valence-electron chi connectivity index (χ4n) is 4.15. The van der Waals surface area contributed by atoms with Gasteiger partial charge in [-0.05, 0) is 67.6 Å². The van der Waals surface area contributed by atoms with Crippen LogP contribution in [0.3, 0.4) is 0 Å². The lowest BCUT2D eigenvalue weighted by Crippen LogP contribution is -2.23. The van der Waals surface area contributed by atoms with Crippen molar-refractivity contribution in [2.45, 2.75) is 19.1 Å². The molecule has 0 unspecified atom stereocenters. The van der Waals surface area contributed by atoms with Crippen LogP contribution in [0.5, 0.6) is 5.75 Å². The lowest BCUT2D eigenvalue weighted by molar-refractivity contribution is -0.137. The summed E-state index contributed by atoms with van der Waals surface area (Å²) in [5, 5.41) is 5.39. The summed E-state index contributed by atoms with van der Waals surface area (Å²) in [5.74, 6) is 0.591. The van der Waals surface area contributed by atoms with E-state index in [9.17, 15) is 18.0 Å². The van der Waals surface area contributed by atoms with Crippen molar-refractivity contribution in [1.82, 2.24) is 19.3 Å². The molecule has 0 fully saturated rings. The summed E-state index contributed by atoms with van der Waals surface area (Å²) in [5.41, 5.74) is 2.00. The number of pyridine rings is 2. The Morgan fingerprint density at radius 3 is 2.39 bits per heavy atom. The highest BCUT2D eigenvalue weighted by Crippen LogP contribution is 2.34. The van der Waals surface area contributed by atoms with Crippen LogP contribution in [0.1, 0.15) is 24.2 Å². The predicted octanol–water partition coefficient (Wildman–Crippen LogP) is 5.89. The Labute approximate surface area is 204 Å². The van der Waals surface area contributed by atoms with Gasteiger partial charge in [-0.15, -0.1) is 0 Å². The van der Waals surface area contributed by atoms with E-state index in [0.717, 1.165) is 17.8 Å². The van der Waals surface area contributed by atoms with E-state index in [4.69, 9.17) is 9.84 Å². The van der Waals surface area contributed by atoms with Crippen LogP contribution in [0, 0.1) is 0 Å². The van der Waals surface area contributed by atoms with Crippen LogP contribution in [0.2, 0.25) is 0 Å². The zero-order valence-corrected chi connectivity index (χ0v) is 19.4. The maximum absolute atomic E-state index is 13.1. The first-order valence-corrected chi connectivity index (χ1v) is 11.1. The largest absolute Gasteiger partial charge is 0.497 e. The minimum Gasteiger partial charge on any atom is -0.497 e. The molecule has 3 aromatic heterocycles. The average Bonchev–Trinajstić information content (AvgIpc) is 3.27. The quantitative estimate of drug-likeness (QED) is 0.308. The molecule has 36 heavy (non-hydrogen) atoms. The number of nitrogens with zero attached hydrogens (tertiary/aromatic N) is 4. The molecule has 9 heteroatoms. The van der Waals surface area contributed by atoms with E-state index in [-0.39, 0.29) is 11.6 Å². The van der Waals surface area contributed by atoms with Gasteiger partial charge in [-0.25, -0.2) is 4.68 Å². The van der Waals surface area contributed by atoms with Crippen molar-refractivity contribution in [1.29, 1.82) is 0 Å². The third kappa shape index (κ3) is 4.24. The minimum atomic E-state index is -4.43. The smallest absolute Gasteiger partial charge is 0.416 e. The molecule has 5 rings (SSSR count). The van der Waals surface area contributed by atoms with Crippen molar-refractivity contribution in [3.05, 3.63) is 107 Å². The maximum atomic E-state index is 13.1. The Balaban J connectivity index is 1.62. The van der Waals surface area contributed by atoms with Crippen LogP contribution >= 0.6 is 0 Å². The summed E-state index contributed by atoms with van der Waals surface area (Å²) >= 11 is 0. The van der Waals surface area contributed by atoms with Gasteiger partial charge in [-0.1, -0.05) is 6.07 Å². The summed E-state index contributed by atoms with van der Waals surface area (Å²) in [4.78, 5) is 17.4. The standard InChI is InChI=1S/C27H21F3N4O2/c1-17(23-5-3-4-13-31-23)33-14-12-18(15-25(33)35)26-22-16-21(36-2)10-11-24(22)34(32-26)20-8-6-19(7-9-20)27(28,29)30/h3-17H,1-2H3/t17-/m0/s1. The monoisotopic (exact) mass is 490 g/mol. The van der Waals surface area contributed by atoms with Gasteiger partial charge in [0.15, 0.2) is 0 Å². The highest BCUT2D eigenvalue weighted by Gasteiger charge is 2.30. The Hall–Kier alpha value is -4.40. The first-order valence-electron chi connectivity index (χ1n) is 11.1. The van der Waals surface area contributed by atoms with E-state index < -0.39 is 11.7 Å². The summed E-state index contributed by atoms with van der Waals surface area (Å²) < 4.78 is 47.7. The van der Waals surface area contributed by atoms with Gasteiger partial charge in [0.05, 0.1) is 35.6 Å². The van der Waals surface area contributed by atoms with Gasteiger partial charge in [0.2, 0.25) is 0 Å². The minimum absolute atomic E-state index is 0.231. The second kappa shape index (κ2) is 8.99. The highest BCUT2D eigenvalue weighted by molar-refractivity contribution is 5.95. The highest BCUT2D eigenvalue weighted by atomic mass is 19.4. The topological polar surface area (TPSA) is 61.9 Å². The lowest BCUT2D eigenvalue weighted by atomic mass is 10.1. The normalized spacial score (nSPS) is 12.6. The number of hydrogen-bond acceptors (Lipinski definition) is 4. The molecule has 0 saturated heterocycles. The number of ether oxygens (including phenoxy) is 1. The molecule has 0 amide bonds. The summed E-state index contributed by atoms with van der Waals surface area (Å²) in [7, 11) is 1.54. The predicted molar refractivity (Wildman–Crippen MR) is 130 cm³/mol. The van der Waals surface area contributed by atoms with E-state index in [2.05, 4.69) is 4.98 Å². The molecule has 0 spiro atoms. The molecule has 3 heterocycles. The zero-order chi connectivity index (χ0) is 25.4. The van der Waals surface area contributed by atoms with Crippen LogP contribution in [0.4, 0.5) is 13.2 Å². The number of benzene rings is 2. The second-order valence-electron chi connectivity index (χ2n) is 8.28. The molecular formula is C27H21F3N4O2. The first-order chi connectivity index (χ1) is 17.3. The number of hydrogen-bond donors (Lipinski definition) is 0. The number of rotatable bonds is 5. The van der Waals surface area contributed by atoms with Crippen LogP contribution in [-0.2, 0) is 6.18 Å². The van der Waals surface area contributed by atoms with Gasteiger partial charge < -0.3 is 9.30 Å². The summed E-state index contributed by atoms with van der Waals surface area (Å²) in [6.07, 6.45) is -1.06. The fourth-order valence-corrected chi connectivity index (χ4v) is 4.15. The maximum Gasteiger partial charge on any atom is 0.416 e. The SMILES string of the molecule is COc1ccc2c(c1)c(-c1ccn([C@@H](C)c3ccccn3)c(=O)c1)nn2-c1ccc(C(F)(F)F)cc1. The molecule has 182 valence electrons. The van der Waals surface area contributed by atoms with E-state index in [1.807, 2.05) is 25.1 Å². The average molecular weight is 490 g/mol. The molecule has 5 aromatic rings. The van der Waals surface area contributed by atoms with Crippen molar-refractivity contribution < 1.29 is 17.9 Å². The van der Waals surface area contributed by atoms with Crippen LogP contribution in [0.15, 0.2) is 90.0 Å². The third-order valence-corrected chi connectivity index (χ3v) is 6.08. The van der Waals surface area contributed by atoms with Gasteiger partial charge >= 0.3 is 6.18 Å². The van der Waals surface area contributed by atoms with Gasteiger partial charge in [0.25, 0.3) is 5.56 Å². The van der Waals surface area contributed by atoms with E-state index in [1.165, 1.54) is 18.2 Å². The second-order valence-corrected chi connectivity index (χ2v) is 8.28. The van der Waals surface area contributed by atoms with Crippen molar-refractivity contribution in [3.8, 4) is 22.7 Å². The first kappa shape index (κ1) is 23.3. The van der Waals surface area contributed by atoms with Crippen molar-refractivity contribution in [2.75, 3.05) is 7.11 Å². The molecule has 0 aliphatic carbocycles. The Bertz CT molecular complexity index is 1590. The van der Waals surface area contributed by atoms with Crippen molar-refractivity contribution >= 4 is 10.9 Å². The number of fused-ring (bicyclic) bond motifs is 1. The van der Waals surface area contributed by atoms with Gasteiger partial charge in [0.1, 0.15) is 11.4 Å². The summed E-state index contributed by atoms with van der Waals surface area (Å²) in [6.45, 7) is 1.89. The molecule has 6 nitrogen and oxygen atoms in total. The summed E-state index contributed by atoms with van der Waals surface area (Å²) in [6, 6.07) is 18.7. The third-order valence-electron chi connectivity index (χ3n) is 6.08. The van der Waals surface area contributed by atoms with Crippen molar-refractivity contribution in [2.24, 2.45) is 0 Å². The number of alkyl halides is 3. The van der Waals surface area contributed by atoms with Gasteiger partial charge in [-0.2, -0.15) is 18.3 Å². The van der Waals surface area contributed by atoms with Gasteiger partial charge in [-0.3, -0.25) is 9.78 Å². The molecule has 0 saturated carbocycles. The molecule has 0 N–H and O–H groups in total. The Morgan fingerprint density at radius 2 is 1.75 bits per heavy atom.